The molecule has 4 rings (SSSR count). The maximum absolute atomic E-state index is 12.1. The summed E-state index contributed by atoms with van der Waals surface area (Å²) in [6.45, 7) is 11.8. The number of aliphatic hydroxyl groups excluding tert-OH is 1. The van der Waals surface area contributed by atoms with E-state index < -0.39 is 23.3 Å². The molecule has 3 N–H and O–H groups in total. The molecule has 4 aliphatic rings. The number of methoxy groups -OCH3 is 2. The van der Waals surface area contributed by atoms with Crippen molar-refractivity contribution in [3.8, 4) is 0 Å². The Morgan fingerprint density at radius 2 is 1.97 bits per heavy atom. The molecule has 0 radical (unpaired) electrons. The molecule has 4 aliphatic carbocycles. The predicted molar refractivity (Wildman–Crippen MR) is 139 cm³/mol. The molecular weight excluding hydrogens is 456 g/mol. The second kappa shape index (κ2) is 9.52. The lowest BCUT2D eigenvalue weighted by Crippen LogP contribution is -2.56. The molecule has 4 fully saturated rings. The van der Waals surface area contributed by atoms with Gasteiger partial charge >= 0.3 is 5.97 Å². The summed E-state index contributed by atoms with van der Waals surface area (Å²) in [6.07, 6.45) is 10.7. The number of hydrogen-bond donors (Lipinski definition) is 3. The van der Waals surface area contributed by atoms with E-state index in [0.29, 0.717) is 30.1 Å². The summed E-state index contributed by atoms with van der Waals surface area (Å²) in [6, 6.07) is 0. The topological polar surface area (TPSA) is 96.2 Å². The molecule has 6 nitrogen and oxygen atoms in total. The van der Waals surface area contributed by atoms with Crippen molar-refractivity contribution in [2.75, 3.05) is 14.2 Å². The van der Waals surface area contributed by atoms with Gasteiger partial charge in [0.05, 0.1) is 19.3 Å². The number of aliphatic hydroxyl groups is 3. The number of allylic oxidation sites excluding steroid dienone is 1. The highest BCUT2D eigenvalue weighted by atomic mass is 16.5. The molecule has 0 bridgehead atoms. The van der Waals surface area contributed by atoms with Gasteiger partial charge in [-0.15, -0.1) is 0 Å². The summed E-state index contributed by atoms with van der Waals surface area (Å²) in [5.41, 5.74) is -0.932. The van der Waals surface area contributed by atoms with E-state index in [-0.39, 0.29) is 16.9 Å². The molecule has 0 saturated heterocycles. The minimum absolute atomic E-state index is 0.0170. The average Bonchev–Trinajstić information content (AvgIpc) is 3.34. The maximum atomic E-state index is 12.1. The molecule has 0 heterocycles. The van der Waals surface area contributed by atoms with Gasteiger partial charge in [0.2, 0.25) is 0 Å². The minimum Gasteiger partial charge on any atom is -0.467 e. The van der Waals surface area contributed by atoms with Gasteiger partial charge in [0.1, 0.15) is 5.60 Å². The second-order valence-corrected chi connectivity index (χ2v) is 13.1. The smallest absolute Gasteiger partial charge is 0.340 e. The van der Waals surface area contributed by atoms with Crippen LogP contribution in [0.2, 0.25) is 0 Å². The molecular formula is C30H48O6. The number of rotatable bonds is 9. The Labute approximate surface area is 217 Å². The van der Waals surface area contributed by atoms with Crippen molar-refractivity contribution in [3.63, 3.8) is 0 Å². The van der Waals surface area contributed by atoms with Gasteiger partial charge in [-0.05, 0) is 106 Å². The molecule has 0 aromatic rings. The van der Waals surface area contributed by atoms with Crippen molar-refractivity contribution in [3.05, 3.63) is 23.8 Å². The van der Waals surface area contributed by atoms with Gasteiger partial charge in [-0.25, -0.2) is 4.79 Å². The molecule has 10 atom stereocenters. The molecule has 0 spiro atoms. The number of carbonyl (C=O) groups excluding carboxylic acids is 1. The molecule has 3 unspecified atom stereocenters. The van der Waals surface area contributed by atoms with Crippen molar-refractivity contribution >= 4 is 5.97 Å². The monoisotopic (exact) mass is 504 g/mol. The maximum Gasteiger partial charge on any atom is 0.340 e. The van der Waals surface area contributed by atoms with Crippen molar-refractivity contribution in [1.82, 2.24) is 0 Å². The second-order valence-electron chi connectivity index (χ2n) is 13.1. The first-order valence-corrected chi connectivity index (χ1v) is 13.9. The third-order valence-electron chi connectivity index (χ3n) is 11.2. The van der Waals surface area contributed by atoms with Crippen LogP contribution in [0.3, 0.4) is 0 Å². The van der Waals surface area contributed by atoms with Gasteiger partial charge in [0, 0.05) is 12.5 Å². The van der Waals surface area contributed by atoms with Gasteiger partial charge in [-0.1, -0.05) is 32.1 Å². The molecule has 0 aromatic carbocycles. The average molecular weight is 505 g/mol. The molecule has 204 valence electrons. The fourth-order valence-electron chi connectivity index (χ4n) is 8.50. The Balaban J connectivity index is 1.47. The Morgan fingerprint density at radius 3 is 2.56 bits per heavy atom. The summed E-state index contributed by atoms with van der Waals surface area (Å²) in [5, 5.41) is 32.0. The number of hydrogen-bond acceptors (Lipinski definition) is 6. The van der Waals surface area contributed by atoms with Crippen LogP contribution in [0.15, 0.2) is 23.8 Å². The Morgan fingerprint density at radius 1 is 1.28 bits per heavy atom. The van der Waals surface area contributed by atoms with E-state index in [4.69, 9.17) is 9.47 Å². The highest BCUT2D eigenvalue weighted by Gasteiger charge is 2.66. The van der Waals surface area contributed by atoms with Crippen LogP contribution in [0.1, 0.15) is 85.5 Å². The SMILES string of the molecule is C=C1C(O)C[C@@H]2C[C@@]12[C@@H](/C=C1\CCC[C@]2(C)[C@@H]([C@H](C)CCC(C)(O)C(C)(O)C(=O)OC)CC[C@@H]12)OC. The molecule has 6 heteroatoms. The predicted octanol–water partition coefficient (Wildman–Crippen LogP) is 4.56. The van der Waals surface area contributed by atoms with Gasteiger partial charge in [0.15, 0.2) is 5.60 Å². The fraction of sp³-hybridized carbons (Fsp3) is 0.833. The third-order valence-corrected chi connectivity index (χ3v) is 11.2. The quantitative estimate of drug-likeness (QED) is 0.315. The molecule has 4 saturated carbocycles. The van der Waals surface area contributed by atoms with E-state index in [1.165, 1.54) is 33.0 Å². The minimum atomic E-state index is -1.95. The van der Waals surface area contributed by atoms with Crippen molar-refractivity contribution in [1.29, 1.82) is 0 Å². The first-order valence-electron chi connectivity index (χ1n) is 13.9. The normalized spacial score (nSPS) is 41.7. The van der Waals surface area contributed by atoms with Crippen LogP contribution in [-0.2, 0) is 14.3 Å². The lowest BCUT2D eigenvalue weighted by molar-refractivity contribution is -0.190. The Hall–Kier alpha value is -1.21. The van der Waals surface area contributed by atoms with Crippen LogP contribution < -0.4 is 0 Å². The summed E-state index contributed by atoms with van der Waals surface area (Å²) in [7, 11) is 3.02. The number of fused-ring (bicyclic) bond motifs is 2. The molecule has 0 amide bonds. The lowest BCUT2D eigenvalue weighted by atomic mass is 9.60. The third kappa shape index (κ3) is 4.20. The van der Waals surface area contributed by atoms with Gasteiger partial charge in [0.25, 0.3) is 0 Å². The van der Waals surface area contributed by atoms with E-state index in [2.05, 4.69) is 26.5 Å². The number of carbonyl (C=O) groups is 1. The zero-order chi connectivity index (χ0) is 26.7. The van der Waals surface area contributed by atoms with Crippen LogP contribution in [0.25, 0.3) is 0 Å². The highest BCUT2D eigenvalue weighted by Crippen LogP contribution is 2.69. The van der Waals surface area contributed by atoms with Crippen LogP contribution in [0.5, 0.6) is 0 Å². The molecule has 0 aromatic heterocycles. The van der Waals surface area contributed by atoms with Crippen molar-refractivity contribution < 1.29 is 29.6 Å². The van der Waals surface area contributed by atoms with Crippen LogP contribution in [0.4, 0.5) is 0 Å². The fourth-order valence-corrected chi connectivity index (χ4v) is 8.50. The van der Waals surface area contributed by atoms with Crippen LogP contribution >= 0.6 is 0 Å². The van der Waals surface area contributed by atoms with Gasteiger partial charge < -0.3 is 24.8 Å². The van der Waals surface area contributed by atoms with Crippen LogP contribution in [-0.4, -0.2) is 58.9 Å². The summed E-state index contributed by atoms with van der Waals surface area (Å²) >= 11 is 0. The van der Waals surface area contributed by atoms with Crippen molar-refractivity contribution in [2.24, 2.45) is 34.5 Å². The summed E-state index contributed by atoms with van der Waals surface area (Å²) in [4.78, 5) is 12.1. The molecule has 36 heavy (non-hydrogen) atoms. The van der Waals surface area contributed by atoms with E-state index >= 15 is 0 Å². The number of ether oxygens (including phenoxy) is 2. The lowest BCUT2D eigenvalue weighted by Gasteiger charge is -2.45. The largest absolute Gasteiger partial charge is 0.467 e. The molecule has 0 aliphatic heterocycles. The van der Waals surface area contributed by atoms with Crippen molar-refractivity contribution in [2.45, 2.75) is 109 Å². The van der Waals surface area contributed by atoms with E-state index in [9.17, 15) is 20.1 Å². The zero-order valence-electron chi connectivity index (χ0n) is 23.2. The van der Waals surface area contributed by atoms with E-state index in [0.717, 1.165) is 50.5 Å². The Kier molecular flexibility index (Phi) is 7.35. The zero-order valence-corrected chi connectivity index (χ0v) is 23.2. The standard InChI is InChI=1S/C30H48O6/c1-18(12-14-28(4,33)29(5,34)26(32)36-7)22-10-11-23-20(9-8-13-27(22,23)3)15-25(35-6)30-17-21(30)16-24(31)19(30)2/h15,18,21-25,31,33-34H,2,8-14,16-17H2,1,3-7H3/b20-15+/t18-,21-,22-,23+,24?,25-,27-,28?,29?,30-/m1/s1. The summed E-state index contributed by atoms with van der Waals surface area (Å²) < 4.78 is 10.8. The first-order chi connectivity index (χ1) is 16.8. The van der Waals surface area contributed by atoms with E-state index in [1.54, 1.807) is 7.11 Å². The number of esters is 1. The van der Waals surface area contributed by atoms with Gasteiger partial charge in [-0.3, -0.25) is 0 Å². The van der Waals surface area contributed by atoms with Crippen LogP contribution in [0, 0.1) is 34.5 Å². The first kappa shape index (κ1) is 27.8. The highest BCUT2D eigenvalue weighted by molar-refractivity contribution is 5.80. The van der Waals surface area contributed by atoms with E-state index in [1.807, 2.05) is 0 Å². The summed E-state index contributed by atoms with van der Waals surface area (Å²) in [5.74, 6) is 1.07. The Bertz CT molecular complexity index is 905. The van der Waals surface area contributed by atoms with Gasteiger partial charge in [-0.2, -0.15) is 0 Å².